The molecule has 0 bridgehead atoms. The maximum absolute atomic E-state index is 13.7. The Morgan fingerprint density at radius 2 is 1.94 bits per heavy atom. The number of aryl methyl sites for hydroxylation is 1. The molecule has 174 valence electrons. The van der Waals surface area contributed by atoms with E-state index >= 15 is 0 Å². The van der Waals surface area contributed by atoms with Crippen LogP contribution in [0.25, 0.3) is 16.6 Å². The molecule has 0 saturated heterocycles. The van der Waals surface area contributed by atoms with E-state index < -0.39 is 0 Å². The summed E-state index contributed by atoms with van der Waals surface area (Å²) in [6.07, 6.45) is 6.46. The van der Waals surface area contributed by atoms with Crippen molar-refractivity contribution in [2.45, 2.75) is 58.4 Å². The minimum absolute atomic E-state index is 0.0829. The number of carbonyl (C=O) groups is 1. The van der Waals surface area contributed by atoms with Crippen molar-refractivity contribution < 1.29 is 9.53 Å². The second-order valence-electron chi connectivity index (χ2n) is 9.17. The van der Waals surface area contributed by atoms with Crippen LogP contribution >= 0.6 is 0 Å². The maximum Gasteiger partial charge on any atom is 0.266 e. The molecule has 0 radical (unpaired) electrons. The van der Waals surface area contributed by atoms with Crippen molar-refractivity contribution in [3.8, 4) is 11.4 Å². The van der Waals surface area contributed by atoms with E-state index in [4.69, 9.17) is 9.72 Å². The molecule has 1 heterocycles. The molecule has 1 atom stereocenters. The van der Waals surface area contributed by atoms with Crippen molar-refractivity contribution in [1.29, 1.82) is 0 Å². The molecule has 33 heavy (non-hydrogen) atoms. The van der Waals surface area contributed by atoms with Gasteiger partial charge in [-0.15, -0.1) is 0 Å². The number of methoxy groups -OCH3 is 1. The van der Waals surface area contributed by atoms with Crippen LogP contribution in [0.15, 0.2) is 47.3 Å². The monoisotopic (exact) mass is 447 g/mol. The van der Waals surface area contributed by atoms with E-state index in [1.54, 1.807) is 29.7 Å². The van der Waals surface area contributed by atoms with E-state index in [2.05, 4.69) is 0 Å². The first kappa shape index (κ1) is 23.0. The fourth-order valence-corrected chi connectivity index (χ4v) is 4.83. The Bertz CT molecular complexity index is 1210. The summed E-state index contributed by atoms with van der Waals surface area (Å²) in [4.78, 5) is 33.4. The fraction of sp³-hybridized carbons (Fsp3) is 0.444. The molecule has 1 aliphatic carbocycles. The van der Waals surface area contributed by atoms with Gasteiger partial charge in [0.05, 0.1) is 29.7 Å². The lowest BCUT2D eigenvalue weighted by molar-refractivity contribution is -0.132. The average Bonchev–Trinajstić information content (AvgIpc) is 3.35. The number of aromatic nitrogens is 2. The molecule has 4 rings (SSSR count). The van der Waals surface area contributed by atoms with Crippen molar-refractivity contribution in [2.75, 3.05) is 14.2 Å². The van der Waals surface area contributed by atoms with Crippen LogP contribution in [0.3, 0.4) is 0 Å². The molecule has 1 fully saturated rings. The molecule has 3 aromatic rings. The predicted octanol–water partition coefficient (Wildman–Crippen LogP) is 5.19. The van der Waals surface area contributed by atoms with Gasteiger partial charge < -0.3 is 9.64 Å². The number of amides is 1. The zero-order valence-electron chi connectivity index (χ0n) is 20.0. The second kappa shape index (κ2) is 9.77. The van der Waals surface area contributed by atoms with E-state index in [0.29, 0.717) is 40.5 Å². The first-order chi connectivity index (χ1) is 15.9. The van der Waals surface area contributed by atoms with Gasteiger partial charge in [-0.25, -0.2) is 4.98 Å². The van der Waals surface area contributed by atoms with Crippen molar-refractivity contribution in [2.24, 2.45) is 5.92 Å². The average molecular weight is 448 g/mol. The molecular weight excluding hydrogens is 414 g/mol. The lowest BCUT2D eigenvalue weighted by atomic mass is 10.0. The van der Waals surface area contributed by atoms with Crippen LogP contribution in [0.5, 0.6) is 5.75 Å². The first-order valence-corrected chi connectivity index (χ1v) is 11.8. The molecule has 6 nitrogen and oxygen atoms in total. The van der Waals surface area contributed by atoms with Gasteiger partial charge in [0.15, 0.2) is 0 Å². The largest absolute Gasteiger partial charge is 0.495 e. The van der Waals surface area contributed by atoms with Crippen LogP contribution in [0.4, 0.5) is 0 Å². The Kier molecular flexibility index (Phi) is 6.82. The van der Waals surface area contributed by atoms with Gasteiger partial charge in [0, 0.05) is 13.5 Å². The molecule has 2 aromatic carbocycles. The third-order valence-corrected chi connectivity index (χ3v) is 6.97. The highest BCUT2D eigenvalue weighted by Gasteiger charge is 2.26. The summed E-state index contributed by atoms with van der Waals surface area (Å²) in [5, 5.41) is 0.534. The minimum Gasteiger partial charge on any atom is -0.495 e. The summed E-state index contributed by atoms with van der Waals surface area (Å²) in [6, 6.07) is 12.7. The minimum atomic E-state index is -0.386. The van der Waals surface area contributed by atoms with Gasteiger partial charge in [-0.2, -0.15) is 0 Å². The van der Waals surface area contributed by atoms with Crippen molar-refractivity contribution in [3.05, 3.63) is 64.2 Å². The molecule has 0 spiro atoms. The van der Waals surface area contributed by atoms with E-state index in [-0.39, 0.29) is 17.5 Å². The molecule has 1 amide bonds. The summed E-state index contributed by atoms with van der Waals surface area (Å²) >= 11 is 0. The number of hydrogen-bond donors (Lipinski definition) is 0. The highest BCUT2D eigenvalue weighted by atomic mass is 16.5. The summed E-state index contributed by atoms with van der Waals surface area (Å²) in [5.74, 6) is 1.86. The lowest BCUT2D eigenvalue weighted by Crippen LogP contribution is -2.35. The molecule has 0 N–H and O–H groups in total. The number of nitrogens with zero attached hydrogens (tertiary/aromatic N) is 3. The zero-order chi connectivity index (χ0) is 23.5. The lowest BCUT2D eigenvalue weighted by Gasteiger charge is -2.28. The van der Waals surface area contributed by atoms with Gasteiger partial charge in [0.25, 0.3) is 5.56 Å². The van der Waals surface area contributed by atoms with Crippen LogP contribution in [-0.4, -0.2) is 34.5 Å². The van der Waals surface area contributed by atoms with Crippen LogP contribution in [0.2, 0.25) is 0 Å². The fourth-order valence-electron chi connectivity index (χ4n) is 4.83. The Balaban J connectivity index is 1.77. The van der Waals surface area contributed by atoms with E-state index in [1.807, 2.05) is 50.2 Å². The third-order valence-electron chi connectivity index (χ3n) is 6.97. The molecule has 6 heteroatoms. The molecule has 1 aromatic heterocycles. The van der Waals surface area contributed by atoms with Crippen molar-refractivity contribution >= 4 is 16.8 Å². The van der Waals surface area contributed by atoms with Gasteiger partial charge >= 0.3 is 0 Å². The highest BCUT2D eigenvalue weighted by molar-refractivity contribution is 5.79. The maximum atomic E-state index is 13.7. The standard InChI is InChI=1S/C27H33N3O3/c1-18-13-15-24(33-4)23(17-18)30-26(28-22-12-8-7-11-21(22)27(30)32)19(2)29(3)25(31)16-14-20-9-5-6-10-20/h7-8,11-13,15,17,19-20H,5-6,9-10,14,16H2,1-4H3. The third kappa shape index (κ3) is 4.65. The van der Waals surface area contributed by atoms with Gasteiger partial charge in [0.2, 0.25) is 5.91 Å². The van der Waals surface area contributed by atoms with Gasteiger partial charge in [-0.1, -0.05) is 43.9 Å². The SMILES string of the molecule is COc1ccc(C)cc1-n1c(C(C)N(C)C(=O)CCC2CCCC2)nc2ccccc2c1=O. The first-order valence-electron chi connectivity index (χ1n) is 11.8. The van der Waals surface area contributed by atoms with Gasteiger partial charge in [-0.05, 0) is 56.0 Å². The predicted molar refractivity (Wildman–Crippen MR) is 131 cm³/mol. The molecule has 1 saturated carbocycles. The van der Waals surface area contributed by atoms with E-state index in [9.17, 15) is 9.59 Å². The Morgan fingerprint density at radius 3 is 2.67 bits per heavy atom. The normalized spacial score (nSPS) is 15.0. The molecule has 0 aliphatic heterocycles. The number of hydrogen-bond acceptors (Lipinski definition) is 4. The number of fused-ring (bicyclic) bond motifs is 1. The van der Waals surface area contributed by atoms with Crippen LogP contribution in [0, 0.1) is 12.8 Å². The number of ether oxygens (including phenoxy) is 1. The Hall–Kier alpha value is -3.15. The number of benzene rings is 2. The van der Waals surface area contributed by atoms with Crippen LogP contribution in [0.1, 0.15) is 62.9 Å². The summed E-state index contributed by atoms with van der Waals surface area (Å²) in [5.41, 5.74) is 2.09. The molecular formula is C27H33N3O3. The van der Waals surface area contributed by atoms with Crippen molar-refractivity contribution in [3.63, 3.8) is 0 Å². The van der Waals surface area contributed by atoms with E-state index in [1.165, 1.54) is 25.7 Å². The number of rotatable bonds is 7. The zero-order valence-corrected chi connectivity index (χ0v) is 20.0. The highest BCUT2D eigenvalue weighted by Crippen LogP contribution is 2.31. The molecule has 1 unspecified atom stereocenters. The van der Waals surface area contributed by atoms with Crippen molar-refractivity contribution in [1.82, 2.24) is 14.5 Å². The number of carbonyl (C=O) groups excluding carboxylic acids is 1. The summed E-state index contributed by atoms with van der Waals surface area (Å²) in [7, 11) is 3.40. The van der Waals surface area contributed by atoms with Crippen LogP contribution in [-0.2, 0) is 4.79 Å². The Labute approximate surface area is 195 Å². The molecule has 1 aliphatic rings. The summed E-state index contributed by atoms with van der Waals surface area (Å²) in [6.45, 7) is 3.91. The summed E-state index contributed by atoms with van der Waals surface area (Å²) < 4.78 is 7.20. The van der Waals surface area contributed by atoms with E-state index in [0.717, 1.165) is 12.0 Å². The smallest absolute Gasteiger partial charge is 0.266 e. The number of para-hydroxylation sites is 1. The van der Waals surface area contributed by atoms with Crippen LogP contribution < -0.4 is 10.3 Å². The van der Waals surface area contributed by atoms with Gasteiger partial charge in [-0.3, -0.25) is 14.2 Å². The quantitative estimate of drug-likeness (QED) is 0.500. The Morgan fingerprint density at radius 1 is 1.21 bits per heavy atom. The second-order valence-corrected chi connectivity index (χ2v) is 9.17. The topological polar surface area (TPSA) is 64.4 Å². The van der Waals surface area contributed by atoms with Gasteiger partial charge in [0.1, 0.15) is 11.6 Å².